The number of nitrogens with one attached hydrogen (secondary N) is 1. The van der Waals surface area contributed by atoms with Crippen LogP contribution in [0.4, 0.5) is 11.4 Å². The van der Waals surface area contributed by atoms with Crippen LogP contribution in [0.15, 0.2) is 41.1 Å². The van der Waals surface area contributed by atoms with Gasteiger partial charge in [0.25, 0.3) is 5.91 Å². The van der Waals surface area contributed by atoms with Crippen molar-refractivity contribution in [2.75, 3.05) is 11.1 Å². The third-order valence-electron chi connectivity index (χ3n) is 2.47. The molecule has 92 valence electrons. The molecule has 0 fully saturated rings. The number of halogens is 1. The van der Waals surface area contributed by atoms with Crippen molar-refractivity contribution in [1.29, 1.82) is 0 Å². The number of nitrogens with zero attached hydrogens (tertiary/aromatic N) is 1. The number of amides is 1. The smallest absolute Gasteiger partial charge is 0.259 e. The fourth-order valence-electron chi connectivity index (χ4n) is 1.51. The fraction of sp³-hybridized carbons (Fsp3) is 0.0769. The van der Waals surface area contributed by atoms with Crippen molar-refractivity contribution in [2.24, 2.45) is 0 Å². The van der Waals surface area contributed by atoms with Gasteiger partial charge in [0.15, 0.2) is 0 Å². The Kier molecular flexibility index (Phi) is 3.62. The molecule has 4 nitrogen and oxygen atoms in total. The van der Waals surface area contributed by atoms with Gasteiger partial charge in [-0.15, -0.1) is 0 Å². The van der Waals surface area contributed by atoms with Crippen molar-refractivity contribution in [3.8, 4) is 0 Å². The van der Waals surface area contributed by atoms with Crippen LogP contribution >= 0.6 is 15.9 Å². The van der Waals surface area contributed by atoms with Crippen LogP contribution in [0.25, 0.3) is 0 Å². The number of pyridine rings is 1. The highest BCUT2D eigenvalue weighted by Gasteiger charge is 2.11. The first-order chi connectivity index (χ1) is 8.58. The van der Waals surface area contributed by atoms with E-state index >= 15 is 0 Å². The predicted molar refractivity (Wildman–Crippen MR) is 75.5 cm³/mol. The Balaban J connectivity index is 2.24. The predicted octanol–water partition coefficient (Wildman–Crippen LogP) is 2.99. The molecule has 0 saturated heterocycles. The minimum atomic E-state index is -0.273. The summed E-state index contributed by atoms with van der Waals surface area (Å²) in [6, 6.07) is 7.29. The maximum Gasteiger partial charge on any atom is 0.259 e. The lowest BCUT2D eigenvalue weighted by molar-refractivity contribution is 0.102. The molecule has 0 atom stereocenters. The summed E-state index contributed by atoms with van der Waals surface area (Å²) >= 11 is 3.41. The molecule has 2 aromatic rings. The van der Waals surface area contributed by atoms with Crippen LogP contribution in [0.1, 0.15) is 15.9 Å². The van der Waals surface area contributed by atoms with Crippen LogP contribution in [0.3, 0.4) is 0 Å². The first kappa shape index (κ1) is 12.6. The number of carbonyl (C=O) groups is 1. The van der Waals surface area contributed by atoms with Gasteiger partial charge >= 0.3 is 0 Å². The van der Waals surface area contributed by atoms with Gasteiger partial charge in [-0.3, -0.25) is 9.78 Å². The molecule has 1 amide bonds. The summed E-state index contributed by atoms with van der Waals surface area (Å²) in [4.78, 5) is 15.9. The molecule has 1 aromatic heterocycles. The Hall–Kier alpha value is -1.88. The Labute approximate surface area is 113 Å². The molecule has 0 saturated carbocycles. The normalized spacial score (nSPS) is 10.1. The van der Waals surface area contributed by atoms with E-state index in [1.165, 1.54) is 6.20 Å². The highest BCUT2D eigenvalue weighted by molar-refractivity contribution is 9.10. The molecule has 2 rings (SSSR count). The van der Waals surface area contributed by atoms with Gasteiger partial charge in [0.05, 0.1) is 11.3 Å². The molecule has 0 aliphatic carbocycles. The van der Waals surface area contributed by atoms with E-state index < -0.39 is 0 Å². The van der Waals surface area contributed by atoms with Crippen molar-refractivity contribution in [1.82, 2.24) is 4.98 Å². The van der Waals surface area contributed by atoms with Gasteiger partial charge in [0, 0.05) is 22.6 Å². The van der Waals surface area contributed by atoms with Crippen LogP contribution in [0.5, 0.6) is 0 Å². The lowest BCUT2D eigenvalue weighted by Crippen LogP contribution is -2.14. The number of benzene rings is 1. The number of aromatic nitrogens is 1. The molecule has 0 bridgehead atoms. The molecule has 5 heteroatoms. The van der Waals surface area contributed by atoms with Crippen molar-refractivity contribution < 1.29 is 4.79 Å². The third kappa shape index (κ3) is 2.68. The number of rotatable bonds is 2. The average Bonchev–Trinajstić information content (AvgIpc) is 2.33. The summed E-state index contributed by atoms with van der Waals surface area (Å²) < 4.78 is 0.832. The molecule has 0 aliphatic rings. The van der Waals surface area contributed by atoms with E-state index in [0.29, 0.717) is 16.9 Å². The Morgan fingerprint density at radius 2 is 2.17 bits per heavy atom. The number of carbonyl (C=O) groups excluding carboxylic acids is 1. The lowest BCUT2D eigenvalue weighted by Gasteiger charge is -2.09. The van der Waals surface area contributed by atoms with Crippen LogP contribution in [-0.4, -0.2) is 10.9 Å². The van der Waals surface area contributed by atoms with E-state index in [2.05, 4.69) is 26.2 Å². The SMILES string of the molecule is Cc1ccc(NC(=O)c2cnccc2N)c(Br)c1. The second kappa shape index (κ2) is 5.18. The maximum atomic E-state index is 12.0. The molecule has 0 radical (unpaired) electrons. The molecular weight excluding hydrogens is 294 g/mol. The van der Waals surface area contributed by atoms with Crippen LogP contribution in [0, 0.1) is 6.92 Å². The molecule has 0 unspecified atom stereocenters. The summed E-state index contributed by atoms with van der Waals surface area (Å²) in [5, 5.41) is 2.79. The first-order valence-electron chi connectivity index (χ1n) is 5.35. The van der Waals surface area contributed by atoms with Gasteiger partial charge in [0.1, 0.15) is 0 Å². The topological polar surface area (TPSA) is 68.0 Å². The van der Waals surface area contributed by atoms with E-state index in [0.717, 1.165) is 10.0 Å². The average molecular weight is 306 g/mol. The second-order valence-electron chi connectivity index (χ2n) is 3.90. The Morgan fingerprint density at radius 3 is 2.83 bits per heavy atom. The van der Waals surface area contributed by atoms with Gasteiger partial charge in [-0.1, -0.05) is 6.07 Å². The zero-order valence-electron chi connectivity index (χ0n) is 9.77. The first-order valence-corrected chi connectivity index (χ1v) is 6.14. The number of hydrogen-bond donors (Lipinski definition) is 2. The summed E-state index contributed by atoms with van der Waals surface area (Å²) in [5.41, 5.74) is 8.31. The number of anilines is 2. The van der Waals surface area contributed by atoms with E-state index in [1.807, 2.05) is 25.1 Å². The zero-order valence-corrected chi connectivity index (χ0v) is 11.4. The number of nitrogen functional groups attached to an aromatic ring is 1. The molecular formula is C13H12BrN3O. The highest BCUT2D eigenvalue weighted by atomic mass is 79.9. The standard InChI is InChI=1S/C13H12BrN3O/c1-8-2-3-12(10(14)6-8)17-13(18)9-7-16-5-4-11(9)15/h2-7H,1H3,(H2,15,16)(H,17,18). The largest absolute Gasteiger partial charge is 0.398 e. The van der Waals surface area contributed by atoms with Crippen molar-refractivity contribution in [3.05, 3.63) is 52.3 Å². The number of nitrogens with two attached hydrogens (primary N) is 1. The van der Waals surface area contributed by atoms with Gasteiger partial charge in [-0.25, -0.2) is 0 Å². The quantitative estimate of drug-likeness (QED) is 0.896. The Bertz CT molecular complexity index is 599. The molecule has 1 heterocycles. The minimum absolute atomic E-state index is 0.273. The monoisotopic (exact) mass is 305 g/mol. The highest BCUT2D eigenvalue weighted by Crippen LogP contribution is 2.24. The van der Waals surface area contributed by atoms with Crippen LogP contribution in [-0.2, 0) is 0 Å². The minimum Gasteiger partial charge on any atom is -0.398 e. The number of aryl methyl sites for hydroxylation is 1. The van der Waals surface area contributed by atoms with Crippen molar-refractivity contribution in [3.63, 3.8) is 0 Å². The maximum absolute atomic E-state index is 12.0. The van der Waals surface area contributed by atoms with Gasteiger partial charge in [0.2, 0.25) is 0 Å². The van der Waals surface area contributed by atoms with E-state index in [9.17, 15) is 4.79 Å². The third-order valence-corrected chi connectivity index (χ3v) is 3.13. The van der Waals surface area contributed by atoms with Gasteiger partial charge in [-0.2, -0.15) is 0 Å². The van der Waals surface area contributed by atoms with Crippen molar-refractivity contribution >= 4 is 33.2 Å². The summed E-state index contributed by atoms with van der Waals surface area (Å²) in [6.07, 6.45) is 3.00. The van der Waals surface area contributed by atoms with E-state index in [-0.39, 0.29) is 5.91 Å². The fourth-order valence-corrected chi connectivity index (χ4v) is 2.10. The number of hydrogen-bond acceptors (Lipinski definition) is 3. The lowest BCUT2D eigenvalue weighted by atomic mass is 10.2. The molecule has 0 aliphatic heterocycles. The molecule has 1 aromatic carbocycles. The molecule has 3 N–H and O–H groups in total. The van der Waals surface area contributed by atoms with Crippen molar-refractivity contribution in [2.45, 2.75) is 6.92 Å². The summed E-state index contributed by atoms with van der Waals surface area (Å²) in [6.45, 7) is 1.98. The zero-order chi connectivity index (χ0) is 13.1. The summed E-state index contributed by atoms with van der Waals surface area (Å²) in [5.74, 6) is -0.273. The van der Waals surface area contributed by atoms with Crippen LogP contribution < -0.4 is 11.1 Å². The van der Waals surface area contributed by atoms with Gasteiger partial charge in [-0.05, 0) is 46.6 Å². The molecule has 18 heavy (non-hydrogen) atoms. The van der Waals surface area contributed by atoms with E-state index in [1.54, 1.807) is 12.3 Å². The van der Waals surface area contributed by atoms with E-state index in [4.69, 9.17) is 5.73 Å². The molecule has 0 spiro atoms. The van der Waals surface area contributed by atoms with Gasteiger partial charge < -0.3 is 11.1 Å². The van der Waals surface area contributed by atoms with Crippen LogP contribution in [0.2, 0.25) is 0 Å². The Morgan fingerprint density at radius 1 is 1.39 bits per heavy atom. The summed E-state index contributed by atoms with van der Waals surface area (Å²) in [7, 11) is 0. The second-order valence-corrected chi connectivity index (χ2v) is 4.75.